The van der Waals surface area contributed by atoms with Crippen LogP contribution in [0.1, 0.15) is 64.2 Å². The van der Waals surface area contributed by atoms with Gasteiger partial charge in [0.05, 0.1) is 5.41 Å². The third-order valence-electron chi connectivity index (χ3n) is 5.49. The number of hydrogen-bond acceptors (Lipinski definition) is 2. The average molecular weight is 286 g/mol. The van der Waals surface area contributed by atoms with Gasteiger partial charge in [-0.1, -0.05) is 56.7 Å². The van der Waals surface area contributed by atoms with Crippen LogP contribution in [0, 0.1) is 11.3 Å². The zero-order chi connectivity index (χ0) is 14.5. The minimum Gasteiger partial charge on any atom is -0.426 e. The predicted octanol–water partition coefficient (Wildman–Crippen LogP) is 5.12. The molecule has 0 aliphatic heterocycles. The van der Waals surface area contributed by atoms with Crippen molar-refractivity contribution in [2.45, 2.75) is 64.2 Å². The Morgan fingerprint density at radius 2 is 1.52 bits per heavy atom. The Bertz CT molecular complexity index is 454. The van der Waals surface area contributed by atoms with Gasteiger partial charge in [-0.3, -0.25) is 4.79 Å². The molecule has 1 aromatic rings. The van der Waals surface area contributed by atoms with Crippen LogP contribution in [0.15, 0.2) is 30.3 Å². The second-order valence-corrected chi connectivity index (χ2v) is 6.75. The van der Waals surface area contributed by atoms with E-state index in [-0.39, 0.29) is 11.4 Å². The van der Waals surface area contributed by atoms with Crippen LogP contribution in [0.4, 0.5) is 0 Å². The normalized spacial score (nSPS) is 22.7. The minimum absolute atomic E-state index is 0.0419. The van der Waals surface area contributed by atoms with E-state index in [1.807, 2.05) is 30.3 Å². The molecule has 0 unspecified atom stereocenters. The minimum atomic E-state index is -0.200. The number of ether oxygens (including phenoxy) is 1. The van der Waals surface area contributed by atoms with E-state index in [1.165, 1.54) is 51.4 Å². The van der Waals surface area contributed by atoms with Crippen LogP contribution >= 0.6 is 0 Å². The number of para-hydroxylation sites is 1. The molecule has 1 aromatic carbocycles. The van der Waals surface area contributed by atoms with Gasteiger partial charge in [-0.2, -0.15) is 0 Å². The van der Waals surface area contributed by atoms with E-state index in [4.69, 9.17) is 4.74 Å². The highest BCUT2D eigenvalue weighted by atomic mass is 16.5. The van der Waals surface area contributed by atoms with Crippen molar-refractivity contribution < 1.29 is 9.53 Å². The first kappa shape index (κ1) is 14.6. The van der Waals surface area contributed by atoms with Crippen molar-refractivity contribution in [2.24, 2.45) is 11.3 Å². The van der Waals surface area contributed by atoms with Crippen molar-refractivity contribution in [2.75, 3.05) is 0 Å². The summed E-state index contributed by atoms with van der Waals surface area (Å²) >= 11 is 0. The van der Waals surface area contributed by atoms with Crippen LogP contribution in [0.2, 0.25) is 0 Å². The lowest BCUT2D eigenvalue weighted by Gasteiger charge is -2.43. The second kappa shape index (κ2) is 6.64. The molecule has 0 amide bonds. The third-order valence-corrected chi connectivity index (χ3v) is 5.49. The van der Waals surface area contributed by atoms with Crippen molar-refractivity contribution in [1.29, 1.82) is 0 Å². The summed E-state index contributed by atoms with van der Waals surface area (Å²) in [6.07, 6.45) is 12.0. The van der Waals surface area contributed by atoms with Gasteiger partial charge in [-0.15, -0.1) is 0 Å². The molecule has 0 atom stereocenters. The van der Waals surface area contributed by atoms with Crippen molar-refractivity contribution in [3.8, 4) is 5.75 Å². The molecule has 3 rings (SSSR count). The molecular weight excluding hydrogens is 260 g/mol. The highest BCUT2D eigenvalue weighted by Crippen LogP contribution is 2.49. The molecule has 0 spiro atoms. The average Bonchev–Trinajstić information content (AvgIpc) is 2.57. The van der Waals surface area contributed by atoms with E-state index in [0.717, 1.165) is 12.8 Å². The van der Waals surface area contributed by atoms with Gasteiger partial charge in [0.25, 0.3) is 0 Å². The Morgan fingerprint density at radius 3 is 2.19 bits per heavy atom. The van der Waals surface area contributed by atoms with Crippen LogP contribution in [-0.4, -0.2) is 5.97 Å². The van der Waals surface area contributed by atoms with E-state index in [0.29, 0.717) is 11.7 Å². The van der Waals surface area contributed by atoms with Crippen LogP contribution in [0.3, 0.4) is 0 Å². The smallest absolute Gasteiger partial charge is 0.317 e. The number of hydrogen-bond donors (Lipinski definition) is 0. The summed E-state index contributed by atoms with van der Waals surface area (Å²) in [4.78, 5) is 13.0. The zero-order valence-corrected chi connectivity index (χ0v) is 12.9. The summed E-state index contributed by atoms with van der Waals surface area (Å²) in [7, 11) is 0. The highest BCUT2D eigenvalue weighted by molar-refractivity contribution is 5.79. The Morgan fingerprint density at radius 1 is 0.905 bits per heavy atom. The van der Waals surface area contributed by atoms with E-state index in [9.17, 15) is 4.79 Å². The molecule has 2 aliphatic carbocycles. The van der Waals surface area contributed by atoms with Gasteiger partial charge in [-0.05, 0) is 43.7 Å². The van der Waals surface area contributed by atoms with Crippen LogP contribution in [0.25, 0.3) is 0 Å². The van der Waals surface area contributed by atoms with Gasteiger partial charge in [0.15, 0.2) is 0 Å². The fourth-order valence-electron chi connectivity index (χ4n) is 4.31. The molecule has 0 heterocycles. The lowest BCUT2D eigenvalue weighted by atomic mass is 9.61. The van der Waals surface area contributed by atoms with Crippen molar-refractivity contribution in [1.82, 2.24) is 0 Å². The van der Waals surface area contributed by atoms with Gasteiger partial charge in [0.1, 0.15) is 5.75 Å². The molecule has 21 heavy (non-hydrogen) atoms. The van der Waals surface area contributed by atoms with Crippen LogP contribution in [-0.2, 0) is 4.79 Å². The second-order valence-electron chi connectivity index (χ2n) is 6.75. The Balaban J connectivity index is 1.79. The van der Waals surface area contributed by atoms with E-state index >= 15 is 0 Å². The van der Waals surface area contributed by atoms with E-state index in [2.05, 4.69) is 0 Å². The molecular formula is C19H26O2. The Kier molecular flexibility index (Phi) is 4.62. The molecule has 0 radical (unpaired) electrons. The van der Waals surface area contributed by atoms with Crippen LogP contribution < -0.4 is 4.74 Å². The number of benzene rings is 1. The Labute approximate surface area is 127 Å². The molecule has 2 nitrogen and oxygen atoms in total. The van der Waals surface area contributed by atoms with Gasteiger partial charge in [0, 0.05) is 0 Å². The number of carbonyl (C=O) groups excluding carboxylic acids is 1. The van der Waals surface area contributed by atoms with Crippen molar-refractivity contribution in [3.63, 3.8) is 0 Å². The fourth-order valence-corrected chi connectivity index (χ4v) is 4.31. The molecule has 2 aliphatic rings. The molecule has 0 saturated heterocycles. The maximum Gasteiger partial charge on any atom is 0.317 e. The summed E-state index contributed by atoms with van der Waals surface area (Å²) in [5.41, 5.74) is -0.200. The molecule has 114 valence electrons. The van der Waals surface area contributed by atoms with E-state index in [1.54, 1.807) is 0 Å². The topological polar surface area (TPSA) is 26.3 Å². The first-order valence-corrected chi connectivity index (χ1v) is 8.59. The molecule has 0 bridgehead atoms. The molecule has 0 aromatic heterocycles. The van der Waals surface area contributed by atoms with Gasteiger partial charge in [-0.25, -0.2) is 0 Å². The first-order chi connectivity index (χ1) is 10.3. The Hall–Kier alpha value is -1.31. The maximum absolute atomic E-state index is 13.0. The lowest BCUT2D eigenvalue weighted by Crippen LogP contribution is -2.44. The van der Waals surface area contributed by atoms with Crippen molar-refractivity contribution >= 4 is 5.97 Å². The fraction of sp³-hybridized carbons (Fsp3) is 0.632. The summed E-state index contributed by atoms with van der Waals surface area (Å²) in [6, 6.07) is 9.58. The lowest BCUT2D eigenvalue weighted by molar-refractivity contribution is -0.153. The SMILES string of the molecule is O=C(Oc1ccccc1)C1(C2CCCCC2)CCCCC1. The van der Waals surface area contributed by atoms with Gasteiger partial charge < -0.3 is 4.74 Å². The third kappa shape index (κ3) is 3.14. The summed E-state index contributed by atoms with van der Waals surface area (Å²) < 4.78 is 5.77. The summed E-state index contributed by atoms with van der Waals surface area (Å²) in [5.74, 6) is 1.28. The number of carbonyl (C=O) groups is 1. The molecule has 0 N–H and O–H groups in total. The van der Waals surface area contributed by atoms with Crippen molar-refractivity contribution in [3.05, 3.63) is 30.3 Å². The number of rotatable bonds is 3. The molecule has 2 heteroatoms. The zero-order valence-electron chi connectivity index (χ0n) is 12.9. The molecule has 2 fully saturated rings. The molecule has 2 saturated carbocycles. The monoisotopic (exact) mass is 286 g/mol. The largest absolute Gasteiger partial charge is 0.426 e. The summed E-state index contributed by atoms with van der Waals surface area (Å²) in [5, 5.41) is 0. The number of esters is 1. The quantitative estimate of drug-likeness (QED) is 0.569. The first-order valence-electron chi connectivity index (χ1n) is 8.59. The standard InChI is InChI=1S/C19H26O2/c20-18(21-17-12-6-2-7-13-17)19(14-8-3-9-15-19)16-10-4-1-5-11-16/h2,6-7,12-13,16H,1,3-5,8-11,14-15H2. The van der Waals surface area contributed by atoms with E-state index < -0.39 is 0 Å². The summed E-state index contributed by atoms with van der Waals surface area (Å²) in [6.45, 7) is 0. The van der Waals surface area contributed by atoms with Gasteiger partial charge >= 0.3 is 5.97 Å². The van der Waals surface area contributed by atoms with Gasteiger partial charge in [0.2, 0.25) is 0 Å². The highest BCUT2D eigenvalue weighted by Gasteiger charge is 2.47. The maximum atomic E-state index is 13.0. The predicted molar refractivity (Wildman–Crippen MR) is 84.2 cm³/mol. The van der Waals surface area contributed by atoms with Crippen LogP contribution in [0.5, 0.6) is 5.75 Å².